The van der Waals surface area contributed by atoms with Crippen molar-refractivity contribution in [3.05, 3.63) is 28.0 Å². The van der Waals surface area contributed by atoms with E-state index in [2.05, 4.69) is 0 Å². The van der Waals surface area contributed by atoms with E-state index in [0.717, 1.165) is 0 Å². The topological polar surface area (TPSA) is 57.6 Å². The Kier molecular flexibility index (Phi) is 4.93. The van der Waals surface area contributed by atoms with Crippen LogP contribution in [0, 0.1) is 5.82 Å². The Balaban J connectivity index is 3.34. The predicted octanol–water partition coefficient (Wildman–Crippen LogP) is 3.59. The van der Waals surface area contributed by atoms with Crippen LogP contribution in [0.1, 0.15) is 13.3 Å². The lowest BCUT2D eigenvalue weighted by Gasteiger charge is -2.26. The molecule has 0 radical (unpaired) electrons. The molecule has 0 aromatic heterocycles. The van der Waals surface area contributed by atoms with Gasteiger partial charge in [-0.05, 0) is 19.1 Å². The average molecular weight is 294 g/mol. The molecule has 0 spiro atoms. The summed E-state index contributed by atoms with van der Waals surface area (Å²) in [4.78, 5) is 22.3. The first kappa shape index (κ1) is 14.7. The number of nitrogens with zero attached hydrogens (tertiary/aromatic N) is 1. The van der Waals surface area contributed by atoms with Gasteiger partial charge in [0.15, 0.2) is 5.82 Å². The Hall–Kier alpha value is -1.33. The van der Waals surface area contributed by atoms with E-state index in [1.165, 1.54) is 19.1 Å². The first-order valence-corrected chi connectivity index (χ1v) is 5.75. The third-order valence-corrected chi connectivity index (χ3v) is 2.94. The molecule has 0 aliphatic heterocycles. The van der Waals surface area contributed by atoms with Gasteiger partial charge in [0.05, 0.1) is 10.0 Å². The summed E-state index contributed by atoms with van der Waals surface area (Å²) in [5, 5.41) is 8.78. The van der Waals surface area contributed by atoms with Gasteiger partial charge in [0.1, 0.15) is 12.0 Å². The van der Waals surface area contributed by atoms with Gasteiger partial charge in [0.2, 0.25) is 0 Å². The highest BCUT2D eigenvalue weighted by Gasteiger charge is 2.27. The summed E-state index contributed by atoms with van der Waals surface area (Å²) in [6, 6.07) is 1.78. The van der Waals surface area contributed by atoms with E-state index in [9.17, 15) is 14.0 Å². The van der Waals surface area contributed by atoms with E-state index in [4.69, 9.17) is 28.3 Å². The maximum atomic E-state index is 13.9. The molecule has 18 heavy (non-hydrogen) atoms. The van der Waals surface area contributed by atoms with Gasteiger partial charge < -0.3 is 9.90 Å². The number of rotatable bonds is 4. The van der Waals surface area contributed by atoms with E-state index in [1.54, 1.807) is 0 Å². The fourth-order valence-electron chi connectivity index (χ4n) is 1.49. The molecule has 98 valence electrons. The first-order chi connectivity index (χ1) is 8.40. The molecule has 0 aliphatic rings. The van der Waals surface area contributed by atoms with E-state index >= 15 is 0 Å². The summed E-state index contributed by atoms with van der Waals surface area (Å²) >= 11 is 11.4. The van der Waals surface area contributed by atoms with Gasteiger partial charge in [0.25, 0.3) is 0 Å². The van der Waals surface area contributed by atoms with Gasteiger partial charge in [-0.25, -0.2) is 9.18 Å². The van der Waals surface area contributed by atoms with Crippen molar-refractivity contribution in [2.24, 2.45) is 0 Å². The maximum Gasteiger partial charge on any atom is 0.412 e. The summed E-state index contributed by atoms with van der Waals surface area (Å²) in [5.74, 6) is -0.927. The zero-order chi connectivity index (χ0) is 13.9. The molecule has 0 fully saturated rings. The minimum atomic E-state index is -1.41. The minimum absolute atomic E-state index is 0.0748. The largest absolute Gasteiger partial charge is 0.465 e. The number of hydrogen-bond donors (Lipinski definition) is 1. The highest BCUT2D eigenvalue weighted by Crippen LogP contribution is 2.34. The molecule has 1 atom stereocenters. The van der Waals surface area contributed by atoms with Crippen molar-refractivity contribution < 1.29 is 19.1 Å². The molecule has 0 bridgehead atoms. The Morgan fingerprint density at radius 3 is 2.56 bits per heavy atom. The number of carbonyl (C=O) groups is 2. The SMILES string of the molecule is CC(CC=O)N(C(=O)O)c1c(Cl)ccc(Cl)c1F. The Bertz CT molecular complexity index is 482. The third kappa shape index (κ3) is 2.91. The van der Waals surface area contributed by atoms with Crippen molar-refractivity contribution in [2.75, 3.05) is 4.90 Å². The highest BCUT2D eigenvalue weighted by atomic mass is 35.5. The van der Waals surface area contributed by atoms with E-state index in [-0.39, 0.29) is 22.2 Å². The van der Waals surface area contributed by atoms with E-state index in [0.29, 0.717) is 11.2 Å². The highest BCUT2D eigenvalue weighted by molar-refractivity contribution is 6.35. The van der Waals surface area contributed by atoms with Gasteiger partial charge in [-0.15, -0.1) is 0 Å². The number of amides is 1. The lowest BCUT2D eigenvalue weighted by molar-refractivity contribution is -0.108. The van der Waals surface area contributed by atoms with Crippen LogP contribution < -0.4 is 4.90 Å². The second kappa shape index (κ2) is 6.02. The van der Waals surface area contributed by atoms with Crippen LogP contribution in [0.5, 0.6) is 0 Å². The van der Waals surface area contributed by atoms with Gasteiger partial charge in [-0.2, -0.15) is 0 Å². The third-order valence-electron chi connectivity index (χ3n) is 2.34. The zero-order valence-electron chi connectivity index (χ0n) is 9.36. The molecule has 1 aromatic carbocycles. The number of benzene rings is 1. The molecular formula is C11H10Cl2FNO3. The second-order valence-corrected chi connectivity index (χ2v) is 4.41. The number of hydrogen-bond acceptors (Lipinski definition) is 2. The fraction of sp³-hybridized carbons (Fsp3) is 0.273. The van der Waals surface area contributed by atoms with Gasteiger partial charge in [0, 0.05) is 12.5 Å². The minimum Gasteiger partial charge on any atom is -0.465 e. The lowest BCUT2D eigenvalue weighted by atomic mass is 10.2. The van der Waals surface area contributed by atoms with Crippen molar-refractivity contribution in [1.29, 1.82) is 0 Å². The van der Waals surface area contributed by atoms with Crippen LogP contribution >= 0.6 is 23.2 Å². The van der Waals surface area contributed by atoms with E-state index in [1.807, 2.05) is 0 Å². The summed E-state index contributed by atoms with van der Waals surface area (Å²) in [6.45, 7) is 1.47. The fourth-order valence-corrected chi connectivity index (χ4v) is 1.88. The average Bonchev–Trinajstić information content (AvgIpc) is 2.29. The Labute approximate surface area is 113 Å². The first-order valence-electron chi connectivity index (χ1n) is 4.99. The van der Waals surface area contributed by atoms with Gasteiger partial charge >= 0.3 is 6.09 Å². The Morgan fingerprint density at radius 2 is 2.06 bits per heavy atom. The van der Waals surface area contributed by atoms with Crippen LogP contribution in [-0.2, 0) is 4.79 Å². The van der Waals surface area contributed by atoms with Crippen LogP contribution in [0.4, 0.5) is 14.9 Å². The van der Waals surface area contributed by atoms with Gasteiger partial charge in [-0.1, -0.05) is 23.2 Å². The van der Waals surface area contributed by atoms with Crippen molar-refractivity contribution in [3.8, 4) is 0 Å². The van der Waals surface area contributed by atoms with Crippen LogP contribution in [0.25, 0.3) is 0 Å². The molecule has 1 rings (SSSR count). The van der Waals surface area contributed by atoms with Crippen LogP contribution in [0.2, 0.25) is 10.0 Å². The second-order valence-electron chi connectivity index (χ2n) is 3.60. The summed E-state index contributed by atoms with van der Waals surface area (Å²) in [5.41, 5.74) is -0.342. The molecule has 7 heteroatoms. The molecule has 0 saturated carbocycles. The molecular weight excluding hydrogens is 284 g/mol. The zero-order valence-corrected chi connectivity index (χ0v) is 10.9. The quantitative estimate of drug-likeness (QED) is 0.682. The summed E-state index contributed by atoms with van der Waals surface area (Å²) in [7, 11) is 0. The Morgan fingerprint density at radius 1 is 1.50 bits per heavy atom. The summed E-state index contributed by atoms with van der Waals surface area (Å²) in [6.07, 6.45) is -0.932. The lowest BCUT2D eigenvalue weighted by Crippen LogP contribution is -2.38. The normalized spacial score (nSPS) is 12.0. The van der Waals surface area contributed by atoms with Crippen molar-refractivity contribution in [2.45, 2.75) is 19.4 Å². The number of aldehydes is 1. The molecule has 0 saturated heterocycles. The number of carbonyl (C=O) groups excluding carboxylic acids is 1. The smallest absolute Gasteiger partial charge is 0.412 e. The predicted molar refractivity (Wildman–Crippen MR) is 67.1 cm³/mol. The van der Waals surface area contributed by atoms with Crippen molar-refractivity contribution in [3.63, 3.8) is 0 Å². The summed E-state index contributed by atoms with van der Waals surface area (Å²) < 4.78 is 13.9. The van der Waals surface area contributed by atoms with Crippen LogP contribution in [0.3, 0.4) is 0 Å². The van der Waals surface area contributed by atoms with Crippen LogP contribution in [0.15, 0.2) is 12.1 Å². The maximum absolute atomic E-state index is 13.9. The molecule has 1 unspecified atom stereocenters. The number of carboxylic acid groups (broad SMARTS) is 1. The molecule has 1 amide bonds. The molecule has 1 aromatic rings. The van der Waals surface area contributed by atoms with Crippen molar-refractivity contribution in [1.82, 2.24) is 0 Å². The van der Waals surface area contributed by atoms with Crippen LogP contribution in [-0.4, -0.2) is 23.5 Å². The van der Waals surface area contributed by atoms with Gasteiger partial charge in [-0.3, -0.25) is 4.90 Å². The number of halogens is 3. The molecule has 0 heterocycles. The van der Waals surface area contributed by atoms with E-state index < -0.39 is 18.0 Å². The molecule has 1 N–H and O–H groups in total. The standard InChI is InChI=1S/C11H10Cl2FNO3/c1-6(4-5-16)15(11(17)18)10-8(13)3-2-7(12)9(10)14/h2-3,5-6H,4H2,1H3,(H,17,18). The molecule has 0 aliphatic carbocycles. The molecule has 4 nitrogen and oxygen atoms in total. The monoisotopic (exact) mass is 293 g/mol. The number of anilines is 1. The van der Waals surface area contributed by atoms with Crippen molar-refractivity contribution >= 4 is 41.3 Å².